The third-order valence-electron chi connectivity index (χ3n) is 6.66. The van der Waals surface area contributed by atoms with E-state index in [0.29, 0.717) is 52.2 Å². The van der Waals surface area contributed by atoms with Crippen molar-refractivity contribution in [2.45, 2.75) is 45.3 Å². The highest BCUT2D eigenvalue weighted by atomic mass is 35.5. The molecule has 2 amide bonds. The van der Waals surface area contributed by atoms with E-state index in [0.717, 1.165) is 12.8 Å². The number of carbonyl (C=O) groups excluding carboxylic acids is 2. The molecule has 11 nitrogen and oxygen atoms in total. The van der Waals surface area contributed by atoms with Crippen molar-refractivity contribution in [3.8, 4) is 17.3 Å². The van der Waals surface area contributed by atoms with E-state index in [1.165, 1.54) is 6.20 Å². The van der Waals surface area contributed by atoms with Crippen molar-refractivity contribution in [3.63, 3.8) is 0 Å². The standard InChI is InChI=1S/C29H29ClN8O3/c1-29(2,3)41-28(40)37-12-6-7-19(16-37)38-25-18(14-31)15-34-26(32)23(25)24(36-38)20-10-9-17(13-21(20)30)27(39)35-22-8-4-5-11-33-22/h4-5,8-11,13,15,19H,6-7,12,16H2,1-3H3,(H2,32,34)(H,33,35,39)/t19-/m1/s1. The summed E-state index contributed by atoms with van der Waals surface area (Å²) in [4.78, 5) is 35.7. The van der Waals surface area contributed by atoms with E-state index in [1.54, 1.807) is 52.2 Å². The molecule has 0 aliphatic carbocycles. The van der Waals surface area contributed by atoms with Gasteiger partial charge in [-0.05, 0) is 57.9 Å². The second-order valence-corrected chi connectivity index (χ2v) is 11.2. The number of amides is 2. The summed E-state index contributed by atoms with van der Waals surface area (Å²) in [7, 11) is 0. The Bertz CT molecular complexity index is 1670. The van der Waals surface area contributed by atoms with Crippen molar-refractivity contribution in [1.29, 1.82) is 5.26 Å². The number of nitriles is 1. The van der Waals surface area contributed by atoms with Crippen molar-refractivity contribution in [3.05, 3.63) is 64.9 Å². The number of hydrogen-bond acceptors (Lipinski definition) is 8. The van der Waals surface area contributed by atoms with Crippen LogP contribution < -0.4 is 11.1 Å². The van der Waals surface area contributed by atoms with Crippen molar-refractivity contribution >= 4 is 46.1 Å². The van der Waals surface area contributed by atoms with E-state index in [9.17, 15) is 14.9 Å². The molecule has 12 heteroatoms. The second kappa shape index (κ2) is 11.1. The number of nitrogens with zero attached hydrogens (tertiary/aromatic N) is 6. The van der Waals surface area contributed by atoms with Gasteiger partial charge in [0, 0.05) is 36.6 Å². The quantitative estimate of drug-likeness (QED) is 0.328. The average molecular weight is 573 g/mol. The molecule has 0 unspecified atom stereocenters. The first-order valence-electron chi connectivity index (χ1n) is 13.1. The fourth-order valence-corrected chi connectivity index (χ4v) is 5.12. The number of ether oxygens (including phenoxy) is 1. The predicted octanol–water partition coefficient (Wildman–Crippen LogP) is 5.42. The summed E-state index contributed by atoms with van der Waals surface area (Å²) in [5, 5.41) is 18.3. The topological polar surface area (TPSA) is 152 Å². The van der Waals surface area contributed by atoms with Crippen LogP contribution in [0.5, 0.6) is 0 Å². The average Bonchev–Trinajstić information content (AvgIpc) is 3.34. The summed E-state index contributed by atoms with van der Waals surface area (Å²) >= 11 is 6.72. The van der Waals surface area contributed by atoms with E-state index >= 15 is 0 Å². The maximum Gasteiger partial charge on any atom is 0.410 e. The first kappa shape index (κ1) is 27.9. The van der Waals surface area contributed by atoms with Gasteiger partial charge in [0.25, 0.3) is 5.91 Å². The van der Waals surface area contributed by atoms with Crippen LogP contribution in [0.2, 0.25) is 5.02 Å². The SMILES string of the molecule is CC(C)(C)OC(=O)N1CCC[C@@H](n2nc(-c3ccc(C(=O)Nc4ccccn4)cc3Cl)c3c(N)ncc(C#N)c32)C1. The third-order valence-corrected chi connectivity index (χ3v) is 6.97. The van der Waals surface area contributed by atoms with Crippen LogP contribution in [0.15, 0.2) is 48.8 Å². The number of rotatable bonds is 4. The largest absolute Gasteiger partial charge is 0.444 e. The van der Waals surface area contributed by atoms with Gasteiger partial charge in [0.2, 0.25) is 0 Å². The number of nitrogens with two attached hydrogens (primary N) is 1. The molecule has 3 N–H and O–H groups in total. The fraction of sp³-hybridized carbons (Fsp3) is 0.310. The van der Waals surface area contributed by atoms with Crippen molar-refractivity contribution in [2.24, 2.45) is 0 Å². The molecular weight excluding hydrogens is 544 g/mol. The number of likely N-dealkylation sites (tertiary alicyclic amines) is 1. The minimum atomic E-state index is -0.624. The van der Waals surface area contributed by atoms with Gasteiger partial charge in [-0.1, -0.05) is 23.7 Å². The maximum absolute atomic E-state index is 12.8. The van der Waals surface area contributed by atoms with E-state index in [4.69, 9.17) is 27.2 Å². The van der Waals surface area contributed by atoms with Crippen molar-refractivity contribution in [2.75, 3.05) is 24.1 Å². The van der Waals surface area contributed by atoms with Crippen LogP contribution in [0.4, 0.5) is 16.4 Å². The molecule has 1 saturated heterocycles. The number of carbonyl (C=O) groups is 2. The highest BCUT2D eigenvalue weighted by Gasteiger charge is 2.32. The number of halogens is 1. The van der Waals surface area contributed by atoms with Gasteiger partial charge in [-0.3, -0.25) is 9.48 Å². The molecule has 41 heavy (non-hydrogen) atoms. The molecule has 210 valence electrons. The molecule has 3 aromatic heterocycles. The zero-order chi connectivity index (χ0) is 29.3. The van der Waals surface area contributed by atoms with E-state index in [2.05, 4.69) is 21.4 Å². The minimum Gasteiger partial charge on any atom is -0.444 e. The number of hydrogen-bond donors (Lipinski definition) is 2. The van der Waals surface area contributed by atoms with Crippen LogP contribution in [0.25, 0.3) is 22.2 Å². The zero-order valence-electron chi connectivity index (χ0n) is 22.9. The summed E-state index contributed by atoms with van der Waals surface area (Å²) < 4.78 is 7.34. The highest BCUT2D eigenvalue weighted by Crippen LogP contribution is 2.39. The number of anilines is 2. The van der Waals surface area contributed by atoms with E-state index in [1.807, 2.05) is 20.8 Å². The van der Waals surface area contributed by atoms with Gasteiger partial charge in [-0.15, -0.1) is 0 Å². The molecule has 1 aliphatic rings. The van der Waals surface area contributed by atoms with Crippen LogP contribution in [0.3, 0.4) is 0 Å². The molecular formula is C29H29ClN8O3. The first-order chi connectivity index (χ1) is 19.6. The third kappa shape index (κ3) is 5.78. The zero-order valence-corrected chi connectivity index (χ0v) is 23.6. The van der Waals surface area contributed by atoms with Gasteiger partial charge in [0.15, 0.2) is 0 Å². The number of benzene rings is 1. The molecule has 0 radical (unpaired) electrons. The lowest BCUT2D eigenvalue weighted by molar-refractivity contribution is 0.0169. The number of nitrogens with one attached hydrogen (secondary N) is 1. The number of pyridine rings is 2. The Morgan fingerprint density at radius 2 is 2.02 bits per heavy atom. The highest BCUT2D eigenvalue weighted by molar-refractivity contribution is 6.34. The maximum atomic E-state index is 12.8. The summed E-state index contributed by atoms with van der Waals surface area (Å²) in [5.74, 6) is 0.233. The van der Waals surface area contributed by atoms with Gasteiger partial charge in [-0.2, -0.15) is 10.4 Å². The Morgan fingerprint density at radius 1 is 1.22 bits per heavy atom. The summed E-state index contributed by atoms with van der Waals surface area (Å²) in [5.41, 5.74) is 7.81. The molecule has 4 aromatic rings. The van der Waals surface area contributed by atoms with Gasteiger partial charge in [0.05, 0.1) is 27.5 Å². The molecule has 0 spiro atoms. The number of fused-ring (bicyclic) bond motifs is 1. The lowest BCUT2D eigenvalue weighted by Gasteiger charge is -2.34. The predicted molar refractivity (Wildman–Crippen MR) is 155 cm³/mol. The van der Waals surface area contributed by atoms with Crippen LogP contribution in [0.1, 0.15) is 55.6 Å². The van der Waals surface area contributed by atoms with Crippen LogP contribution in [0, 0.1) is 11.3 Å². The Kier molecular flexibility index (Phi) is 7.51. The molecule has 1 fully saturated rings. The molecule has 0 saturated carbocycles. The first-order valence-corrected chi connectivity index (χ1v) is 13.5. The summed E-state index contributed by atoms with van der Waals surface area (Å²) in [6.07, 6.45) is 4.05. The Hall–Kier alpha value is -4.69. The minimum absolute atomic E-state index is 0.188. The Balaban J connectivity index is 1.54. The normalized spacial score (nSPS) is 15.4. The smallest absolute Gasteiger partial charge is 0.410 e. The van der Waals surface area contributed by atoms with Crippen molar-refractivity contribution in [1.82, 2.24) is 24.6 Å². The van der Waals surface area contributed by atoms with Crippen LogP contribution >= 0.6 is 11.6 Å². The molecule has 0 bridgehead atoms. The fourth-order valence-electron chi connectivity index (χ4n) is 4.85. The summed E-state index contributed by atoms with van der Waals surface area (Å²) in [6.45, 7) is 6.38. The second-order valence-electron chi connectivity index (χ2n) is 10.8. The number of nitrogen functional groups attached to an aromatic ring is 1. The van der Waals surface area contributed by atoms with E-state index in [-0.39, 0.29) is 22.8 Å². The number of aromatic nitrogens is 4. The van der Waals surface area contributed by atoms with Crippen LogP contribution in [-0.4, -0.2) is 55.3 Å². The molecule has 1 aromatic carbocycles. The molecule has 4 heterocycles. The van der Waals surface area contributed by atoms with Gasteiger partial charge >= 0.3 is 6.09 Å². The Labute approximate surface area is 241 Å². The lowest BCUT2D eigenvalue weighted by Crippen LogP contribution is -2.43. The van der Waals surface area contributed by atoms with Crippen molar-refractivity contribution < 1.29 is 14.3 Å². The molecule has 1 aliphatic heterocycles. The van der Waals surface area contributed by atoms with Gasteiger partial charge < -0.3 is 20.7 Å². The monoisotopic (exact) mass is 572 g/mol. The summed E-state index contributed by atoms with van der Waals surface area (Å²) in [6, 6.07) is 12.0. The molecule has 1 atom stereocenters. The van der Waals surface area contributed by atoms with Gasteiger partial charge in [-0.25, -0.2) is 14.8 Å². The lowest BCUT2D eigenvalue weighted by atomic mass is 10.0. The molecule has 5 rings (SSSR count). The van der Waals surface area contributed by atoms with Crippen LogP contribution in [-0.2, 0) is 4.74 Å². The van der Waals surface area contributed by atoms with Gasteiger partial charge in [0.1, 0.15) is 29.0 Å². The number of piperidine rings is 1. The van der Waals surface area contributed by atoms with E-state index < -0.39 is 11.7 Å². The Morgan fingerprint density at radius 3 is 2.71 bits per heavy atom.